The number of hydrogen-bond acceptors (Lipinski definition) is 4. The predicted molar refractivity (Wildman–Crippen MR) is 118 cm³/mol. The van der Waals surface area contributed by atoms with Crippen molar-refractivity contribution in [3.63, 3.8) is 0 Å². The Balaban J connectivity index is 1.68. The monoisotopic (exact) mass is 416 g/mol. The van der Waals surface area contributed by atoms with E-state index < -0.39 is 12.0 Å². The standard InChI is InChI=1S/C24H20N2O3S/c27-23-20-19(18-11-10-15-6-4-5-9-17(15)12-18)13-30-22(20)25-14-26(23)21(24(28)29)16-7-2-1-3-8-16/h1-3,7-8,10-14,21H,4-6,9H2,(H,28,29). The van der Waals surface area contributed by atoms with Crippen LogP contribution in [0.1, 0.15) is 35.6 Å². The van der Waals surface area contributed by atoms with E-state index in [1.165, 1.54) is 46.2 Å². The maximum absolute atomic E-state index is 13.5. The van der Waals surface area contributed by atoms with Gasteiger partial charge in [0.25, 0.3) is 5.56 Å². The van der Waals surface area contributed by atoms with Crippen molar-refractivity contribution in [2.45, 2.75) is 31.7 Å². The minimum absolute atomic E-state index is 0.328. The summed E-state index contributed by atoms with van der Waals surface area (Å²) in [5, 5.41) is 12.3. The van der Waals surface area contributed by atoms with Crippen molar-refractivity contribution in [3.8, 4) is 11.1 Å². The zero-order valence-corrected chi connectivity index (χ0v) is 17.1. The third-order valence-electron chi connectivity index (χ3n) is 5.81. The molecule has 2 aromatic carbocycles. The highest BCUT2D eigenvalue weighted by Gasteiger charge is 2.25. The predicted octanol–water partition coefficient (Wildman–Crippen LogP) is 4.68. The summed E-state index contributed by atoms with van der Waals surface area (Å²) in [6, 6.07) is 14.1. The maximum Gasteiger partial charge on any atom is 0.331 e. The molecule has 1 aliphatic rings. The van der Waals surface area contributed by atoms with Gasteiger partial charge >= 0.3 is 5.97 Å². The zero-order chi connectivity index (χ0) is 20.7. The second-order valence-corrected chi connectivity index (χ2v) is 8.49. The van der Waals surface area contributed by atoms with Crippen LogP contribution >= 0.6 is 11.3 Å². The lowest BCUT2D eigenvalue weighted by Gasteiger charge is -2.17. The van der Waals surface area contributed by atoms with Crippen LogP contribution in [-0.4, -0.2) is 20.6 Å². The van der Waals surface area contributed by atoms with Crippen molar-refractivity contribution in [3.05, 3.63) is 87.3 Å². The first kappa shape index (κ1) is 18.8. The zero-order valence-electron chi connectivity index (χ0n) is 16.2. The number of carboxylic acid groups (broad SMARTS) is 1. The van der Waals surface area contributed by atoms with Gasteiger partial charge in [-0.25, -0.2) is 9.78 Å². The number of aromatic nitrogens is 2. The van der Waals surface area contributed by atoms with Crippen LogP contribution in [0.15, 0.2) is 65.0 Å². The molecule has 4 aromatic rings. The smallest absolute Gasteiger partial charge is 0.331 e. The molecule has 0 bridgehead atoms. The summed E-state index contributed by atoms with van der Waals surface area (Å²) in [5.41, 5.74) is 4.76. The molecular weight excluding hydrogens is 396 g/mol. The molecule has 0 saturated heterocycles. The number of carboxylic acids is 1. The Bertz CT molecular complexity index is 1310. The Hall–Kier alpha value is -3.25. The Kier molecular flexibility index (Phi) is 4.71. The number of fused-ring (bicyclic) bond motifs is 2. The van der Waals surface area contributed by atoms with Crippen molar-refractivity contribution in [1.29, 1.82) is 0 Å². The number of hydrogen-bond donors (Lipinski definition) is 1. The maximum atomic E-state index is 13.5. The van der Waals surface area contributed by atoms with Gasteiger partial charge in [-0.05, 0) is 47.9 Å². The second-order valence-electron chi connectivity index (χ2n) is 7.63. The first-order valence-corrected chi connectivity index (χ1v) is 10.9. The highest BCUT2D eigenvalue weighted by molar-refractivity contribution is 7.17. The second kappa shape index (κ2) is 7.54. The summed E-state index contributed by atoms with van der Waals surface area (Å²) >= 11 is 1.41. The molecule has 1 N–H and O–H groups in total. The lowest BCUT2D eigenvalue weighted by molar-refractivity contribution is -0.139. The first-order valence-electron chi connectivity index (χ1n) is 10.0. The normalized spacial score (nSPS) is 14.4. The van der Waals surface area contributed by atoms with Gasteiger partial charge in [0.05, 0.1) is 5.39 Å². The number of aryl methyl sites for hydroxylation is 2. The first-order chi connectivity index (χ1) is 14.6. The molecule has 150 valence electrons. The number of rotatable bonds is 4. The van der Waals surface area contributed by atoms with Gasteiger partial charge in [0.1, 0.15) is 11.2 Å². The van der Waals surface area contributed by atoms with E-state index in [0.29, 0.717) is 15.8 Å². The third kappa shape index (κ3) is 3.13. The summed E-state index contributed by atoms with van der Waals surface area (Å²) < 4.78 is 1.23. The van der Waals surface area contributed by atoms with Crippen molar-refractivity contribution < 1.29 is 9.90 Å². The molecule has 2 aromatic heterocycles. The molecule has 0 fully saturated rings. The van der Waals surface area contributed by atoms with Crippen molar-refractivity contribution in [2.24, 2.45) is 0 Å². The molecule has 30 heavy (non-hydrogen) atoms. The Morgan fingerprint density at radius 1 is 1.07 bits per heavy atom. The molecule has 0 amide bonds. The fourth-order valence-electron chi connectivity index (χ4n) is 4.30. The molecule has 2 heterocycles. The van der Waals surface area contributed by atoms with Crippen LogP contribution in [0.25, 0.3) is 21.3 Å². The Labute approximate surface area is 177 Å². The highest BCUT2D eigenvalue weighted by Crippen LogP contribution is 2.34. The summed E-state index contributed by atoms with van der Waals surface area (Å²) in [6.45, 7) is 0. The van der Waals surface area contributed by atoms with Gasteiger partial charge in [0.15, 0.2) is 6.04 Å². The molecule has 5 nitrogen and oxygen atoms in total. The van der Waals surface area contributed by atoms with Crippen LogP contribution in [0.2, 0.25) is 0 Å². The van der Waals surface area contributed by atoms with Crippen LogP contribution in [0, 0.1) is 0 Å². The van der Waals surface area contributed by atoms with Gasteiger partial charge in [-0.15, -0.1) is 11.3 Å². The molecule has 5 rings (SSSR count). The van der Waals surface area contributed by atoms with Crippen molar-refractivity contribution >= 4 is 27.5 Å². The van der Waals surface area contributed by atoms with Crippen LogP contribution in [0.5, 0.6) is 0 Å². The topological polar surface area (TPSA) is 72.2 Å². The van der Waals surface area contributed by atoms with Gasteiger partial charge in [-0.2, -0.15) is 0 Å². The molecule has 0 radical (unpaired) electrons. The molecule has 0 spiro atoms. The van der Waals surface area contributed by atoms with E-state index in [9.17, 15) is 14.7 Å². The van der Waals surface area contributed by atoms with Crippen LogP contribution in [0.4, 0.5) is 0 Å². The number of carbonyl (C=O) groups is 1. The summed E-state index contributed by atoms with van der Waals surface area (Å²) in [4.78, 5) is 30.6. The van der Waals surface area contributed by atoms with Crippen LogP contribution in [0.3, 0.4) is 0 Å². The quantitative estimate of drug-likeness (QED) is 0.524. The minimum atomic E-state index is -1.12. The van der Waals surface area contributed by atoms with E-state index in [0.717, 1.165) is 24.0 Å². The van der Waals surface area contributed by atoms with E-state index in [2.05, 4.69) is 23.2 Å². The van der Waals surface area contributed by atoms with Gasteiger partial charge in [0, 0.05) is 10.9 Å². The van der Waals surface area contributed by atoms with Crippen LogP contribution in [-0.2, 0) is 17.6 Å². The fraction of sp³-hybridized carbons (Fsp3) is 0.208. The average Bonchev–Trinajstić information content (AvgIpc) is 3.21. The molecule has 1 unspecified atom stereocenters. The lowest BCUT2D eigenvalue weighted by Crippen LogP contribution is -2.30. The van der Waals surface area contributed by atoms with Crippen molar-refractivity contribution in [1.82, 2.24) is 9.55 Å². The van der Waals surface area contributed by atoms with E-state index >= 15 is 0 Å². The number of benzene rings is 2. The summed E-state index contributed by atoms with van der Waals surface area (Å²) in [7, 11) is 0. The molecule has 1 atom stereocenters. The van der Waals surface area contributed by atoms with E-state index in [1.54, 1.807) is 24.3 Å². The fourth-order valence-corrected chi connectivity index (χ4v) is 5.21. The molecular formula is C24H20N2O3S. The summed E-state index contributed by atoms with van der Waals surface area (Å²) in [6.07, 6.45) is 5.92. The van der Waals surface area contributed by atoms with Gasteiger partial charge in [0.2, 0.25) is 0 Å². The molecule has 0 aliphatic heterocycles. The van der Waals surface area contributed by atoms with E-state index in [-0.39, 0.29) is 5.56 Å². The van der Waals surface area contributed by atoms with Gasteiger partial charge < -0.3 is 5.11 Å². The minimum Gasteiger partial charge on any atom is -0.479 e. The Morgan fingerprint density at radius 2 is 1.83 bits per heavy atom. The van der Waals surface area contributed by atoms with Gasteiger partial charge in [-0.1, -0.05) is 48.5 Å². The van der Waals surface area contributed by atoms with Crippen molar-refractivity contribution in [2.75, 3.05) is 0 Å². The average molecular weight is 417 g/mol. The Morgan fingerprint density at radius 3 is 2.60 bits per heavy atom. The van der Waals surface area contributed by atoms with Crippen LogP contribution < -0.4 is 5.56 Å². The number of thiophene rings is 1. The number of aliphatic carboxylic acids is 1. The SMILES string of the molecule is O=C(O)C(c1ccccc1)n1cnc2scc(-c3ccc4c(c3)CCCC4)c2c1=O. The highest BCUT2D eigenvalue weighted by atomic mass is 32.1. The van der Waals surface area contributed by atoms with E-state index in [4.69, 9.17) is 0 Å². The number of nitrogens with zero attached hydrogens (tertiary/aromatic N) is 2. The van der Waals surface area contributed by atoms with Gasteiger partial charge in [-0.3, -0.25) is 9.36 Å². The van der Waals surface area contributed by atoms with E-state index in [1.807, 2.05) is 11.4 Å². The largest absolute Gasteiger partial charge is 0.479 e. The molecule has 1 aliphatic carbocycles. The summed E-state index contributed by atoms with van der Waals surface area (Å²) in [5.74, 6) is -1.09. The third-order valence-corrected chi connectivity index (χ3v) is 6.69. The molecule has 0 saturated carbocycles. The lowest BCUT2D eigenvalue weighted by atomic mass is 9.89. The molecule has 6 heteroatoms.